The number of ether oxygens (including phenoxy) is 1. The fraction of sp³-hybridized carbons (Fsp3) is 0.0833. The zero-order valence-corrected chi connectivity index (χ0v) is 11.1. The van der Waals surface area contributed by atoms with Gasteiger partial charge in [-0.25, -0.2) is 18.5 Å². The molecule has 1 aliphatic carbocycles. The molecule has 0 aliphatic heterocycles. The van der Waals surface area contributed by atoms with Crippen molar-refractivity contribution < 1.29 is 17.9 Å². The van der Waals surface area contributed by atoms with Crippen LogP contribution in [0.4, 0.5) is 0 Å². The fourth-order valence-corrected chi connectivity index (χ4v) is 2.62. The number of primary sulfonamides is 1. The van der Waals surface area contributed by atoms with Crippen LogP contribution in [0.1, 0.15) is 16.1 Å². The largest absolute Gasteiger partial charge is 0.467 e. The van der Waals surface area contributed by atoms with Crippen LogP contribution in [0, 0.1) is 0 Å². The van der Waals surface area contributed by atoms with Crippen molar-refractivity contribution >= 4 is 15.8 Å². The lowest BCUT2D eigenvalue weighted by Gasteiger charge is -2.02. The molecule has 0 fully saturated rings. The second-order valence-corrected chi connectivity index (χ2v) is 5.76. The summed E-state index contributed by atoms with van der Waals surface area (Å²) in [6.45, 7) is 0. The maximum absolute atomic E-state index is 12.3. The standard InChI is InChI=1S/C12H9N3O4S/c1-19-12-14-5-9-7-3-2-6(20(13,17)18)4-8(7)11(16)10(9)15-12/h2-5H,1H3,(H2,13,17,18). The number of sulfonamides is 1. The minimum absolute atomic E-state index is 0.0802. The van der Waals surface area contributed by atoms with Gasteiger partial charge >= 0.3 is 6.01 Å². The van der Waals surface area contributed by atoms with Crippen molar-refractivity contribution in [3.63, 3.8) is 0 Å². The average Bonchev–Trinajstić information content (AvgIpc) is 2.70. The number of carbonyl (C=O) groups excluding carboxylic acids is 1. The Bertz CT molecular complexity index is 846. The number of fused-ring (bicyclic) bond motifs is 3. The van der Waals surface area contributed by atoms with Crippen LogP contribution in [0.2, 0.25) is 0 Å². The third kappa shape index (κ3) is 1.77. The molecule has 0 radical (unpaired) electrons. The maximum atomic E-state index is 12.3. The Morgan fingerprint density at radius 3 is 2.60 bits per heavy atom. The van der Waals surface area contributed by atoms with Gasteiger partial charge < -0.3 is 4.74 Å². The third-order valence-corrected chi connectivity index (χ3v) is 3.93. The van der Waals surface area contributed by atoms with Crippen LogP contribution in [-0.2, 0) is 10.0 Å². The van der Waals surface area contributed by atoms with Crippen molar-refractivity contribution in [2.75, 3.05) is 7.11 Å². The Morgan fingerprint density at radius 2 is 1.95 bits per heavy atom. The van der Waals surface area contributed by atoms with Crippen molar-refractivity contribution in [2.24, 2.45) is 5.14 Å². The number of hydrogen-bond donors (Lipinski definition) is 1. The van der Waals surface area contributed by atoms with Crippen molar-refractivity contribution in [1.82, 2.24) is 9.97 Å². The lowest BCUT2D eigenvalue weighted by Crippen LogP contribution is -2.12. The van der Waals surface area contributed by atoms with E-state index in [0.717, 1.165) is 0 Å². The van der Waals surface area contributed by atoms with E-state index in [0.29, 0.717) is 11.1 Å². The van der Waals surface area contributed by atoms with Crippen LogP contribution in [0.5, 0.6) is 6.01 Å². The van der Waals surface area contributed by atoms with Crippen LogP contribution in [0.25, 0.3) is 11.1 Å². The number of hydrogen-bond acceptors (Lipinski definition) is 6. The zero-order chi connectivity index (χ0) is 14.5. The maximum Gasteiger partial charge on any atom is 0.316 e. The molecule has 0 saturated carbocycles. The first-order valence-corrected chi connectivity index (χ1v) is 7.09. The molecule has 0 bridgehead atoms. The number of rotatable bonds is 2. The second-order valence-electron chi connectivity index (χ2n) is 4.20. The summed E-state index contributed by atoms with van der Waals surface area (Å²) in [4.78, 5) is 20.1. The van der Waals surface area contributed by atoms with E-state index < -0.39 is 10.0 Å². The smallest absolute Gasteiger partial charge is 0.316 e. The number of nitrogens with zero attached hydrogens (tertiary/aromatic N) is 2. The van der Waals surface area contributed by atoms with Gasteiger partial charge in [0.1, 0.15) is 5.69 Å². The van der Waals surface area contributed by atoms with E-state index in [-0.39, 0.29) is 27.9 Å². The predicted molar refractivity (Wildman–Crippen MR) is 68.8 cm³/mol. The Balaban J connectivity index is 2.23. The monoisotopic (exact) mass is 291 g/mol. The molecule has 0 saturated heterocycles. The lowest BCUT2D eigenvalue weighted by molar-refractivity contribution is 0.103. The molecule has 0 spiro atoms. The van der Waals surface area contributed by atoms with E-state index in [1.54, 1.807) is 0 Å². The number of carbonyl (C=O) groups is 1. The topological polar surface area (TPSA) is 112 Å². The van der Waals surface area contributed by atoms with Gasteiger partial charge in [-0.15, -0.1) is 0 Å². The van der Waals surface area contributed by atoms with E-state index in [1.807, 2.05) is 0 Å². The molecule has 1 heterocycles. The average molecular weight is 291 g/mol. The molecule has 102 valence electrons. The molecule has 8 heteroatoms. The van der Waals surface area contributed by atoms with Crippen LogP contribution in [0.15, 0.2) is 29.3 Å². The molecule has 20 heavy (non-hydrogen) atoms. The first kappa shape index (κ1) is 12.7. The summed E-state index contributed by atoms with van der Waals surface area (Å²) in [5, 5.41) is 5.06. The molecule has 0 atom stereocenters. The van der Waals surface area contributed by atoms with Crippen molar-refractivity contribution in [1.29, 1.82) is 0 Å². The molecule has 1 aromatic carbocycles. The highest BCUT2D eigenvalue weighted by atomic mass is 32.2. The molecule has 0 amide bonds. The van der Waals surface area contributed by atoms with Crippen molar-refractivity contribution in [3.05, 3.63) is 35.7 Å². The molecule has 3 rings (SSSR count). The van der Waals surface area contributed by atoms with E-state index in [4.69, 9.17) is 9.88 Å². The van der Waals surface area contributed by atoms with Gasteiger partial charge in [-0.05, 0) is 17.7 Å². The van der Waals surface area contributed by atoms with Gasteiger partial charge in [-0.2, -0.15) is 4.98 Å². The quantitative estimate of drug-likeness (QED) is 0.728. The molecule has 7 nitrogen and oxygen atoms in total. The molecular formula is C12H9N3O4S. The summed E-state index contributed by atoms with van der Waals surface area (Å²) >= 11 is 0. The highest BCUT2D eigenvalue weighted by molar-refractivity contribution is 7.89. The molecule has 0 unspecified atom stereocenters. The van der Waals surface area contributed by atoms with Crippen LogP contribution in [0.3, 0.4) is 0 Å². The van der Waals surface area contributed by atoms with Gasteiger partial charge in [0.25, 0.3) is 0 Å². The Morgan fingerprint density at radius 1 is 1.20 bits per heavy atom. The molecule has 2 N–H and O–H groups in total. The highest BCUT2D eigenvalue weighted by Gasteiger charge is 2.30. The van der Waals surface area contributed by atoms with Crippen LogP contribution < -0.4 is 9.88 Å². The molecular weight excluding hydrogens is 282 g/mol. The molecule has 1 aromatic heterocycles. The SMILES string of the molecule is COc1ncc2c(n1)C(=O)c1cc(S(N)(=O)=O)ccc1-2. The predicted octanol–water partition coefficient (Wildman–Crippen LogP) is 0.344. The number of methoxy groups -OCH3 is 1. The van der Waals surface area contributed by atoms with Gasteiger partial charge in [0.05, 0.1) is 12.0 Å². The molecule has 2 aromatic rings. The summed E-state index contributed by atoms with van der Waals surface area (Å²) < 4.78 is 27.5. The first-order chi connectivity index (χ1) is 9.41. The Labute approximate surface area is 114 Å². The first-order valence-electron chi connectivity index (χ1n) is 5.55. The van der Waals surface area contributed by atoms with E-state index >= 15 is 0 Å². The normalized spacial score (nSPS) is 13.0. The minimum Gasteiger partial charge on any atom is -0.467 e. The second kappa shape index (κ2) is 4.09. The number of benzene rings is 1. The Kier molecular flexibility index (Phi) is 2.59. The zero-order valence-electron chi connectivity index (χ0n) is 10.3. The lowest BCUT2D eigenvalue weighted by atomic mass is 10.1. The van der Waals surface area contributed by atoms with Gasteiger partial charge in [-0.3, -0.25) is 4.79 Å². The van der Waals surface area contributed by atoms with Gasteiger partial charge in [-0.1, -0.05) is 6.07 Å². The summed E-state index contributed by atoms with van der Waals surface area (Å²) in [5.74, 6) is -0.374. The van der Waals surface area contributed by atoms with E-state index in [2.05, 4.69) is 9.97 Å². The highest BCUT2D eigenvalue weighted by Crippen LogP contribution is 2.36. The van der Waals surface area contributed by atoms with Crippen molar-refractivity contribution in [3.8, 4) is 17.1 Å². The molecule has 1 aliphatic rings. The van der Waals surface area contributed by atoms with Crippen LogP contribution >= 0.6 is 0 Å². The van der Waals surface area contributed by atoms with Crippen molar-refractivity contribution in [2.45, 2.75) is 4.90 Å². The summed E-state index contributed by atoms with van der Waals surface area (Å²) in [7, 11) is -2.46. The fourth-order valence-electron chi connectivity index (χ4n) is 2.08. The van der Waals surface area contributed by atoms with Gasteiger partial charge in [0.15, 0.2) is 0 Å². The summed E-state index contributed by atoms with van der Waals surface area (Å²) in [6.07, 6.45) is 1.47. The van der Waals surface area contributed by atoms with Gasteiger partial charge in [0.2, 0.25) is 15.8 Å². The Hall–Kier alpha value is -2.32. The third-order valence-electron chi connectivity index (χ3n) is 3.02. The number of ketones is 1. The summed E-state index contributed by atoms with van der Waals surface area (Å²) in [6, 6.07) is 4.20. The number of aromatic nitrogens is 2. The van der Waals surface area contributed by atoms with E-state index in [1.165, 1.54) is 31.5 Å². The summed E-state index contributed by atoms with van der Waals surface area (Å²) in [5.41, 5.74) is 1.57. The van der Waals surface area contributed by atoms with E-state index in [9.17, 15) is 13.2 Å². The van der Waals surface area contributed by atoms with Crippen LogP contribution in [-0.4, -0.2) is 31.3 Å². The number of nitrogens with two attached hydrogens (primary N) is 1. The minimum atomic E-state index is -3.86. The van der Waals surface area contributed by atoms with Gasteiger partial charge in [0, 0.05) is 17.3 Å².